The van der Waals surface area contributed by atoms with Crippen molar-refractivity contribution < 1.29 is 9.59 Å². The number of nitrogens with two attached hydrogens (primary N) is 1. The Hall–Kier alpha value is -2.25. The van der Waals surface area contributed by atoms with Gasteiger partial charge in [0.05, 0.1) is 12.2 Å². The molecular weight excluding hydrogens is 360 g/mol. The van der Waals surface area contributed by atoms with E-state index in [1.165, 1.54) is 28.0 Å². The number of amides is 2. The minimum atomic E-state index is -0.240. The summed E-state index contributed by atoms with van der Waals surface area (Å²) in [6, 6.07) is 4.31. The summed E-state index contributed by atoms with van der Waals surface area (Å²) in [6.07, 6.45) is 1.44. The first kappa shape index (κ1) is 19.5. The van der Waals surface area contributed by atoms with Crippen molar-refractivity contribution in [1.82, 2.24) is 9.88 Å². The Morgan fingerprint density at radius 3 is 2.52 bits per heavy atom. The number of benzene rings is 1. The van der Waals surface area contributed by atoms with E-state index in [0.717, 1.165) is 24.1 Å². The molecule has 1 aliphatic rings. The lowest BCUT2D eigenvalue weighted by atomic mass is 9.96. The predicted molar refractivity (Wildman–Crippen MR) is 109 cm³/mol. The summed E-state index contributed by atoms with van der Waals surface area (Å²) in [5, 5.41) is 5.48. The zero-order valence-electron chi connectivity index (χ0n) is 16.0. The number of aryl methyl sites for hydroxylation is 3. The molecule has 0 unspecified atom stereocenters. The van der Waals surface area contributed by atoms with Gasteiger partial charge in [-0.2, -0.15) is 0 Å². The SMILES string of the molecule is Cc1cc(C)c(-c2csc(NC(=O)CN3CCC(C(N)=O)CC3)n2)cc1C. The number of anilines is 1. The number of nitrogens with one attached hydrogen (secondary N) is 1. The molecule has 2 aromatic rings. The van der Waals surface area contributed by atoms with E-state index in [1.807, 2.05) is 5.38 Å². The number of piperidine rings is 1. The fraction of sp³-hybridized carbons (Fsp3) is 0.450. The number of likely N-dealkylation sites (tertiary alicyclic amines) is 1. The van der Waals surface area contributed by atoms with E-state index in [4.69, 9.17) is 5.73 Å². The van der Waals surface area contributed by atoms with E-state index in [0.29, 0.717) is 24.8 Å². The van der Waals surface area contributed by atoms with Crippen molar-refractivity contribution in [1.29, 1.82) is 0 Å². The van der Waals surface area contributed by atoms with Crippen LogP contribution in [0.4, 0.5) is 5.13 Å². The number of aromatic nitrogens is 1. The molecular formula is C20H26N4O2S. The van der Waals surface area contributed by atoms with Crippen LogP contribution in [-0.2, 0) is 9.59 Å². The summed E-state index contributed by atoms with van der Waals surface area (Å²) in [5.74, 6) is -0.381. The molecule has 6 nitrogen and oxygen atoms in total. The zero-order chi connectivity index (χ0) is 19.6. The van der Waals surface area contributed by atoms with E-state index in [2.05, 4.69) is 48.1 Å². The molecule has 27 heavy (non-hydrogen) atoms. The van der Waals surface area contributed by atoms with Crippen LogP contribution in [-0.4, -0.2) is 41.3 Å². The van der Waals surface area contributed by atoms with Gasteiger partial charge in [0, 0.05) is 16.9 Å². The van der Waals surface area contributed by atoms with Crippen LogP contribution in [0.3, 0.4) is 0 Å². The smallest absolute Gasteiger partial charge is 0.240 e. The maximum atomic E-state index is 12.3. The minimum Gasteiger partial charge on any atom is -0.369 e. The van der Waals surface area contributed by atoms with Gasteiger partial charge in [-0.15, -0.1) is 11.3 Å². The summed E-state index contributed by atoms with van der Waals surface area (Å²) in [5.41, 5.74) is 11.0. The maximum absolute atomic E-state index is 12.3. The van der Waals surface area contributed by atoms with Gasteiger partial charge in [0.1, 0.15) is 0 Å². The fourth-order valence-electron chi connectivity index (χ4n) is 3.43. The lowest BCUT2D eigenvalue weighted by Gasteiger charge is -2.29. The topological polar surface area (TPSA) is 88.3 Å². The standard InChI is InChI=1S/C20H26N4O2S/c1-12-8-14(3)16(9-13(12)2)17-11-27-20(22-17)23-18(25)10-24-6-4-15(5-7-24)19(21)26/h8-9,11,15H,4-7,10H2,1-3H3,(H2,21,26)(H,22,23,25). The zero-order valence-corrected chi connectivity index (χ0v) is 16.9. The van der Waals surface area contributed by atoms with Gasteiger partial charge in [-0.1, -0.05) is 6.07 Å². The van der Waals surface area contributed by atoms with Crippen molar-refractivity contribution in [2.45, 2.75) is 33.6 Å². The van der Waals surface area contributed by atoms with Crippen molar-refractivity contribution >= 4 is 28.3 Å². The number of thiazole rings is 1. The van der Waals surface area contributed by atoms with Gasteiger partial charge < -0.3 is 11.1 Å². The molecule has 2 heterocycles. The highest BCUT2D eigenvalue weighted by molar-refractivity contribution is 7.14. The Morgan fingerprint density at radius 1 is 1.19 bits per heavy atom. The van der Waals surface area contributed by atoms with Crippen LogP contribution in [0.1, 0.15) is 29.5 Å². The third-order valence-electron chi connectivity index (χ3n) is 5.22. The first-order valence-corrected chi connectivity index (χ1v) is 10.1. The number of rotatable bonds is 5. The molecule has 0 radical (unpaired) electrons. The average Bonchev–Trinajstić information content (AvgIpc) is 3.06. The lowest BCUT2D eigenvalue weighted by molar-refractivity contribution is -0.123. The number of carbonyl (C=O) groups excluding carboxylic acids is 2. The molecule has 3 N–H and O–H groups in total. The summed E-state index contributed by atoms with van der Waals surface area (Å²) in [6.45, 7) is 8.01. The van der Waals surface area contributed by atoms with Gasteiger partial charge in [-0.3, -0.25) is 14.5 Å². The molecule has 1 aromatic heterocycles. The van der Waals surface area contributed by atoms with Gasteiger partial charge in [0.25, 0.3) is 0 Å². The highest BCUT2D eigenvalue weighted by Gasteiger charge is 2.24. The monoisotopic (exact) mass is 386 g/mol. The van der Waals surface area contributed by atoms with Crippen LogP contribution in [0.25, 0.3) is 11.3 Å². The largest absolute Gasteiger partial charge is 0.369 e. The quantitative estimate of drug-likeness (QED) is 0.827. The number of primary amides is 1. The molecule has 0 atom stereocenters. The maximum Gasteiger partial charge on any atom is 0.240 e. The average molecular weight is 387 g/mol. The molecule has 2 amide bonds. The molecule has 0 spiro atoms. The van der Waals surface area contributed by atoms with Gasteiger partial charge in [0.15, 0.2) is 5.13 Å². The highest BCUT2D eigenvalue weighted by atomic mass is 32.1. The van der Waals surface area contributed by atoms with Crippen molar-refractivity contribution in [3.8, 4) is 11.3 Å². The van der Waals surface area contributed by atoms with Crippen LogP contribution >= 0.6 is 11.3 Å². The first-order chi connectivity index (χ1) is 12.8. The predicted octanol–water partition coefficient (Wildman–Crippen LogP) is 2.87. The summed E-state index contributed by atoms with van der Waals surface area (Å²) < 4.78 is 0. The van der Waals surface area contributed by atoms with E-state index >= 15 is 0 Å². The van der Waals surface area contributed by atoms with Crippen LogP contribution in [0.15, 0.2) is 17.5 Å². The highest BCUT2D eigenvalue weighted by Crippen LogP contribution is 2.29. The van der Waals surface area contributed by atoms with E-state index in [-0.39, 0.29) is 17.7 Å². The Morgan fingerprint density at radius 2 is 1.85 bits per heavy atom. The van der Waals surface area contributed by atoms with Crippen LogP contribution in [0.5, 0.6) is 0 Å². The fourth-order valence-corrected chi connectivity index (χ4v) is 4.16. The Balaban J connectivity index is 1.59. The van der Waals surface area contributed by atoms with Crippen molar-refractivity contribution in [2.75, 3.05) is 25.0 Å². The molecule has 1 fully saturated rings. The Labute approximate surface area is 163 Å². The van der Waals surface area contributed by atoms with Crippen LogP contribution < -0.4 is 11.1 Å². The summed E-state index contributed by atoms with van der Waals surface area (Å²) in [7, 11) is 0. The molecule has 7 heteroatoms. The number of hydrogen-bond acceptors (Lipinski definition) is 5. The molecule has 0 saturated carbocycles. The molecule has 144 valence electrons. The van der Waals surface area contributed by atoms with Crippen molar-refractivity contribution in [3.63, 3.8) is 0 Å². The van der Waals surface area contributed by atoms with Crippen LogP contribution in [0, 0.1) is 26.7 Å². The van der Waals surface area contributed by atoms with Gasteiger partial charge >= 0.3 is 0 Å². The Bertz CT molecular complexity index is 854. The molecule has 3 rings (SSSR count). The summed E-state index contributed by atoms with van der Waals surface area (Å²) in [4.78, 5) is 30.2. The molecule has 1 aliphatic heterocycles. The number of carbonyl (C=O) groups is 2. The first-order valence-electron chi connectivity index (χ1n) is 9.18. The van der Waals surface area contributed by atoms with Crippen LogP contribution in [0.2, 0.25) is 0 Å². The summed E-state index contributed by atoms with van der Waals surface area (Å²) >= 11 is 1.44. The van der Waals surface area contributed by atoms with Crippen molar-refractivity contribution in [2.24, 2.45) is 11.7 Å². The van der Waals surface area contributed by atoms with Gasteiger partial charge in [-0.05, 0) is 69.5 Å². The minimum absolute atomic E-state index is 0.0629. The molecule has 1 aromatic carbocycles. The van der Waals surface area contributed by atoms with Gasteiger partial charge in [0.2, 0.25) is 11.8 Å². The van der Waals surface area contributed by atoms with E-state index in [1.54, 1.807) is 0 Å². The third kappa shape index (κ3) is 4.73. The van der Waals surface area contributed by atoms with E-state index < -0.39 is 0 Å². The van der Waals surface area contributed by atoms with Crippen molar-refractivity contribution in [3.05, 3.63) is 34.2 Å². The normalized spacial score (nSPS) is 15.7. The second-order valence-corrected chi connectivity index (χ2v) is 8.15. The number of hydrogen-bond donors (Lipinski definition) is 2. The van der Waals surface area contributed by atoms with Gasteiger partial charge in [-0.25, -0.2) is 4.98 Å². The third-order valence-corrected chi connectivity index (χ3v) is 5.98. The second-order valence-electron chi connectivity index (χ2n) is 7.29. The number of nitrogens with zero attached hydrogens (tertiary/aromatic N) is 2. The molecule has 0 bridgehead atoms. The van der Waals surface area contributed by atoms with E-state index in [9.17, 15) is 9.59 Å². The lowest BCUT2D eigenvalue weighted by Crippen LogP contribution is -2.42. The Kier molecular flexibility index (Phi) is 5.92. The molecule has 0 aliphatic carbocycles. The molecule has 1 saturated heterocycles. The second kappa shape index (κ2) is 8.19.